The van der Waals surface area contributed by atoms with Crippen LogP contribution in [0.15, 0.2) is 6.07 Å². The van der Waals surface area contributed by atoms with Crippen LogP contribution in [0.4, 0.5) is 11.8 Å². The molecule has 2 heterocycles. The van der Waals surface area contributed by atoms with Gasteiger partial charge in [-0.1, -0.05) is 11.6 Å². The van der Waals surface area contributed by atoms with Crippen LogP contribution in [0.1, 0.15) is 6.92 Å². The monoisotopic (exact) mass is 286 g/mol. The number of carbonyl (C=O) groups excluding carboxylic acids is 1. The second-order valence-electron chi connectivity index (χ2n) is 4.27. The van der Waals surface area contributed by atoms with Gasteiger partial charge in [0.2, 0.25) is 5.95 Å². The van der Waals surface area contributed by atoms with E-state index in [2.05, 4.69) is 9.97 Å². The van der Waals surface area contributed by atoms with Crippen molar-refractivity contribution in [1.82, 2.24) is 9.97 Å². The number of anilines is 2. The lowest BCUT2D eigenvalue weighted by Crippen LogP contribution is -2.50. The van der Waals surface area contributed by atoms with Gasteiger partial charge in [0.25, 0.3) is 0 Å². The summed E-state index contributed by atoms with van der Waals surface area (Å²) in [6.45, 7) is 2.79. The minimum atomic E-state index is -0.649. The molecule has 19 heavy (non-hydrogen) atoms. The molecule has 1 aliphatic rings. The molecule has 1 fully saturated rings. The molecule has 2 rings (SSSR count). The second-order valence-corrected chi connectivity index (χ2v) is 4.66. The second kappa shape index (κ2) is 5.58. The topological polar surface area (TPSA) is 90.6 Å². The number of ether oxygens (including phenoxy) is 2. The predicted octanol–water partition coefficient (Wildman–Crippen LogP) is 0.479. The Hall–Kier alpha value is -1.60. The maximum Gasteiger partial charge on any atom is 0.336 e. The Kier molecular flexibility index (Phi) is 4.06. The fourth-order valence-corrected chi connectivity index (χ4v) is 2.17. The standard InChI is InChI=1S/C11H15ClN4O3/c1-6-4-16(5-7(19-6)10(17)18-2)9-3-8(12)14-11(13)15-9/h3,6-7H,4-5H2,1-2H3,(H2,13,14,15)/t6-,7?/m1/s1. The molecule has 0 bridgehead atoms. The van der Waals surface area contributed by atoms with Gasteiger partial charge in [-0.3, -0.25) is 0 Å². The normalized spacial score (nSPS) is 23.2. The first-order chi connectivity index (χ1) is 8.99. The van der Waals surface area contributed by atoms with Crippen molar-refractivity contribution in [3.8, 4) is 0 Å². The van der Waals surface area contributed by atoms with E-state index in [1.807, 2.05) is 11.8 Å². The SMILES string of the molecule is COC(=O)C1CN(c2cc(Cl)nc(N)n2)C[C@@H](C)O1. The number of rotatable bonds is 2. The van der Waals surface area contributed by atoms with Crippen LogP contribution < -0.4 is 10.6 Å². The summed E-state index contributed by atoms with van der Waals surface area (Å²) >= 11 is 5.85. The van der Waals surface area contributed by atoms with Crippen molar-refractivity contribution in [2.45, 2.75) is 19.1 Å². The van der Waals surface area contributed by atoms with Gasteiger partial charge >= 0.3 is 5.97 Å². The number of nitrogens with two attached hydrogens (primary N) is 1. The number of morpholine rings is 1. The van der Waals surface area contributed by atoms with Crippen LogP contribution in [-0.4, -0.2) is 48.3 Å². The molecular formula is C11H15ClN4O3. The number of aromatic nitrogens is 2. The van der Waals surface area contributed by atoms with Crippen molar-refractivity contribution in [3.05, 3.63) is 11.2 Å². The van der Waals surface area contributed by atoms with E-state index >= 15 is 0 Å². The smallest absolute Gasteiger partial charge is 0.336 e. The zero-order chi connectivity index (χ0) is 14.0. The molecule has 1 unspecified atom stereocenters. The quantitative estimate of drug-likeness (QED) is 0.624. The summed E-state index contributed by atoms with van der Waals surface area (Å²) in [5.74, 6) is 0.252. The number of nitrogen functional groups attached to an aromatic ring is 1. The highest BCUT2D eigenvalue weighted by Crippen LogP contribution is 2.22. The lowest BCUT2D eigenvalue weighted by atomic mass is 10.2. The summed E-state index contributed by atoms with van der Waals surface area (Å²) in [5.41, 5.74) is 5.57. The summed E-state index contributed by atoms with van der Waals surface area (Å²) in [7, 11) is 1.33. The third kappa shape index (κ3) is 3.24. The van der Waals surface area contributed by atoms with Crippen molar-refractivity contribution in [2.75, 3.05) is 30.8 Å². The van der Waals surface area contributed by atoms with Crippen LogP contribution in [-0.2, 0) is 14.3 Å². The molecule has 0 spiro atoms. The third-order valence-corrected chi connectivity index (χ3v) is 2.94. The molecule has 0 saturated carbocycles. The van der Waals surface area contributed by atoms with Gasteiger partial charge in [0.05, 0.1) is 19.8 Å². The van der Waals surface area contributed by atoms with Crippen LogP contribution in [0.2, 0.25) is 5.15 Å². The van der Waals surface area contributed by atoms with Gasteiger partial charge in [-0.25, -0.2) is 9.78 Å². The van der Waals surface area contributed by atoms with Crippen LogP contribution in [0.3, 0.4) is 0 Å². The van der Waals surface area contributed by atoms with Crippen molar-refractivity contribution in [2.24, 2.45) is 0 Å². The van der Waals surface area contributed by atoms with E-state index in [1.165, 1.54) is 7.11 Å². The number of halogens is 1. The van der Waals surface area contributed by atoms with E-state index in [4.69, 9.17) is 26.8 Å². The molecular weight excluding hydrogens is 272 g/mol. The van der Waals surface area contributed by atoms with E-state index in [0.717, 1.165) is 0 Å². The molecule has 2 N–H and O–H groups in total. The minimum absolute atomic E-state index is 0.0938. The van der Waals surface area contributed by atoms with Crippen LogP contribution in [0.25, 0.3) is 0 Å². The maximum absolute atomic E-state index is 11.6. The first-order valence-corrected chi connectivity index (χ1v) is 6.15. The molecule has 0 aromatic carbocycles. The summed E-state index contributed by atoms with van der Waals surface area (Å²) in [6, 6.07) is 1.60. The Morgan fingerprint density at radius 2 is 2.32 bits per heavy atom. The lowest BCUT2D eigenvalue weighted by molar-refractivity contribution is -0.158. The number of hydrogen-bond donors (Lipinski definition) is 1. The molecule has 0 aliphatic carbocycles. The Labute approximate surface area is 115 Å². The maximum atomic E-state index is 11.6. The molecule has 1 aromatic heterocycles. The Morgan fingerprint density at radius 1 is 1.58 bits per heavy atom. The number of methoxy groups -OCH3 is 1. The molecule has 0 amide bonds. The van der Waals surface area contributed by atoms with E-state index in [-0.39, 0.29) is 17.2 Å². The fourth-order valence-electron chi connectivity index (χ4n) is 1.99. The zero-order valence-electron chi connectivity index (χ0n) is 10.7. The average Bonchev–Trinajstić information content (AvgIpc) is 2.36. The number of esters is 1. The van der Waals surface area contributed by atoms with E-state index in [9.17, 15) is 4.79 Å². The van der Waals surface area contributed by atoms with Gasteiger partial charge in [-0.05, 0) is 6.92 Å². The van der Waals surface area contributed by atoms with E-state index in [0.29, 0.717) is 18.9 Å². The van der Waals surface area contributed by atoms with Gasteiger partial charge in [0.15, 0.2) is 6.10 Å². The molecule has 7 nitrogen and oxygen atoms in total. The summed E-state index contributed by atoms with van der Waals surface area (Å²) in [4.78, 5) is 21.4. The summed E-state index contributed by atoms with van der Waals surface area (Å²) in [6.07, 6.45) is -0.781. The lowest BCUT2D eigenvalue weighted by Gasteiger charge is -2.36. The van der Waals surface area contributed by atoms with E-state index < -0.39 is 12.1 Å². The first-order valence-electron chi connectivity index (χ1n) is 5.78. The largest absolute Gasteiger partial charge is 0.467 e. The van der Waals surface area contributed by atoms with Gasteiger partial charge < -0.3 is 20.1 Å². The van der Waals surface area contributed by atoms with Crippen molar-refractivity contribution < 1.29 is 14.3 Å². The van der Waals surface area contributed by atoms with Crippen LogP contribution >= 0.6 is 11.6 Å². The van der Waals surface area contributed by atoms with Crippen LogP contribution in [0, 0.1) is 0 Å². The number of hydrogen-bond acceptors (Lipinski definition) is 7. The fraction of sp³-hybridized carbons (Fsp3) is 0.545. The number of nitrogens with zero attached hydrogens (tertiary/aromatic N) is 3. The molecule has 104 valence electrons. The highest BCUT2D eigenvalue weighted by Gasteiger charge is 2.32. The van der Waals surface area contributed by atoms with Gasteiger partial charge in [-0.2, -0.15) is 4.98 Å². The first kappa shape index (κ1) is 13.8. The summed E-state index contributed by atoms with van der Waals surface area (Å²) in [5, 5.41) is 0.260. The molecule has 1 saturated heterocycles. The van der Waals surface area contributed by atoms with Crippen molar-refractivity contribution >= 4 is 29.3 Å². The highest BCUT2D eigenvalue weighted by molar-refractivity contribution is 6.29. The zero-order valence-corrected chi connectivity index (χ0v) is 11.4. The summed E-state index contributed by atoms with van der Waals surface area (Å²) < 4.78 is 10.2. The van der Waals surface area contributed by atoms with Gasteiger partial charge in [0, 0.05) is 12.6 Å². The third-order valence-electron chi connectivity index (χ3n) is 2.75. The Balaban J connectivity index is 2.21. The van der Waals surface area contributed by atoms with Crippen molar-refractivity contribution in [3.63, 3.8) is 0 Å². The molecule has 0 radical (unpaired) electrons. The van der Waals surface area contributed by atoms with E-state index in [1.54, 1.807) is 6.07 Å². The number of carbonyl (C=O) groups is 1. The average molecular weight is 287 g/mol. The van der Waals surface area contributed by atoms with Gasteiger partial charge in [-0.15, -0.1) is 0 Å². The molecule has 8 heteroatoms. The Morgan fingerprint density at radius 3 is 2.95 bits per heavy atom. The van der Waals surface area contributed by atoms with Gasteiger partial charge in [0.1, 0.15) is 11.0 Å². The molecule has 2 atom stereocenters. The predicted molar refractivity (Wildman–Crippen MR) is 70.0 cm³/mol. The van der Waals surface area contributed by atoms with Crippen LogP contribution in [0.5, 0.6) is 0 Å². The minimum Gasteiger partial charge on any atom is -0.467 e. The molecule has 1 aromatic rings. The highest BCUT2D eigenvalue weighted by atomic mass is 35.5. The molecule has 1 aliphatic heterocycles. The Bertz CT molecular complexity index is 465. The van der Waals surface area contributed by atoms with Crippen molar-refractivity contribution in [1.29, 1.82) is 0 Å².